The van der Waals surface area contributed by atoms with E-state index in [4.69, 9.17) is 4.74 Å². The molecule has 2 aromatic rings. The van der Waals surface area contributed by atoms with Crippen molar-refractivity contribution in [1.29, 1.82) is 0 Å². The monoisotopic (exact) mass is 273 g/mol. The number of rotatable bonds is 7. The first-order valence-corrected chi connectivity index (χ1v) is 7.25. The Labute approximate surface area is 120 Å². The van der Waals surface area contributed by atoms with Gasteiger partial charge in [-0.2, -0.15) is 0 Å². The second-order valence-electron chi connectivity index (χ2n) is 5.24. The topological polar surface area (TPSA) is 39.9 Å². The van der Waals surface area contributed by atoms with Gasteiger partial charge in [-0.3, -0.25) is 0 Å². The number of benzene rings is 1. The van der Waals surface area contributed by atoms with Crippen molar-refractivity contribution in [2.24, 2.45) is 5.92 Å². The van der Waals surface area contributed by atoms with Crippen LogP contribution in [-0.2, 0) is 11.3 Å². The Balaban J connectivity index is 2.14. The van der Waals surface area contributed by atoms with E-state index in [1.165, 1.54) is 5.56 Å². The summed E-state index contributed by atoms with van der Waals surface area (Å²) >= 11 is 0. The molecule has 1 heterocycles. The summed E-state index contributed by atoms with van der Waals surface area (Å²) in [6.07, 6.45) is 2.04. The van der Waals surface area contributed by atoms with Crippen molar-refractivity contribution in [3.8, 4) is 0 Å². The van der Waals surface area contributed by atoms with Crippen molar-refractivity contribution in [3.63, 3.8) is 0 Å². The highest BCUT2D eigenvalue weighted by molar-refractivity contribution is 5.27. The fraction of sp³-hybridized carbons (Fsp3) is 0.500. The molecular formula is C16H23N3O. The summed E-state index contributed by atoms with van der Waals surface area (Å²) in [5, 5.41) is 8.55. The predicted molar refractivity (Wildman–Crippen MR) is 79.6 cm³/mol. The zero-order valence-electron chi connectivity index (χ0n) is 12.5. The first kappa shape index (κ1) is 14.7. The maximum Gasteiger partial charge on any atom is 0.0904 e. The molecule has 20 heavy (non-hydrogen) atoms. The van der Waals surface area contributed by atoms with Crippen molar-refractivity contribution in [1.82, 2.24) is 15.0 Å². The lowest BCUT2D eigenvalue weighted by Gasteiger charge is -2.18. The molecule has 1 aromatic heterocycles. The Morgan fingerprint density at radius 3 is 2.60 bits per heavy atom. The number of hydrogen-bond donors (Lipinski definition) is 0. The smallest absolute Gasteiger partial charge is 0.0904 e. The Kier molecular flexibility index (Phi) is 5.30. The molecule has 0 unspecified atom stereocenters. The largest absolute Gasteiger partial charge is 0.380 e. The molecule has 1 atom stereocenters. The molecule has 0 fully saturated rings. The van der Waals surface area contributed by atoms with Crippen LogP contribution in [0.25, 0.3) is 0 Å². The van der Waals surface area contributed by atoms with Crippen molar-refractivity contribution in [2.45, 2.75) is 33.2 Å². The maximum absolute atomic E-state index is 5.35. The minimum absolute atomic E-state index is 0.289. The molecular weight excluding hydrogens is 250 g/mol. The average molecular weight is 273 g/mol. The summed E-state index contributed by atoms with van der Waals surface area (Å²) in [6, 6.07) is 10.5. The van der Waals surface area contributed by atoms with Gasteiger partial charge in [-0.1, -0.05) is 49.4 Å². The lowest BCUT2D eigenvalue weighted by atomic mass is 9.86. The molecule has 0 bridgehead atoms. The van der Waals surface area contributed by atoms with Gasteiger partial charge in [-0.25, -0.2) is 4.68 Å². The van der Waals surface area contributed by atoms with E-state index in [1.54, 1.807) is 0 Å². The van der Waals surface area contributed by atoms with Gasteiger partial charge in [0, 0.05) is 18.7 Å². The third-order valence-electron chi connectivity index (χ3n) is 3.37. The van der Waals surface area contributed by atoms with E-state index in [-0.39, 0.29) is 5.92 Å². The van der Waals surface area contributed by atoms with Crippen molar-refractivity contribution < 1.29 is 4.74 Å². The number of aromatic nitrogens is 3. The predicted octanol–water partition coefficient (Wildman–Crippen LogP) is 3.10. The fourth-order valence-electron chi connectivity index (χ4n) is 2.43. The molecule has 0 saturated carbocycles. The molecule has 0 radical (unpaired) electrons. The van der Waals surface area contributed by atoms with Crippen LogP contribution in [0.4, 0.5) is 0 Å². The van der Waals surface area contributed by atoms with E-state index in [9.17, 15) is 0 Å². The van der Waals surface area contributed by atoms with Gasteiger partial charge in [0.2, 0.25) is 0 Å². The van der Waals surface area contributed by atoms with Crippen LogP contribution < -0.4 is 0 Å². The summed E-state index contributed by atoms with van der Waals surface area (Å²) < 4.78 is 7.22. The van der Waals surface area contributed by atoms with Crippen molar-refractivity contribution >= 4 is 0 Å². The third-order valence-corrected chi connectivity index (χ3v) is 3.37. The minimum atomic E-state index is 0.289. The maximum atomic E-state index is 5.35. The minimum Gasteiger partial charge on any atom is -0.380 e. The lowest BCUT2D eigenvalue weighted by molar-refractivity contribution is 0.136. The van der Waals surface area contributed by atoms with Crippen LogP contribution >= 0.6 is 0 Å². The number of hydrogen-bond acceptors (Lipinski definition) is 3. The highest BCUT2D eigenvalue weighted by atomic mass is 16.5. The molecule has 0 N–H and O–H groups in total. The summed E-state index contributed by atoms with van der Waals surface area (Å²) in [5.41, 5.74) is 2.32. The summed E-state index contributed by atoms with van der Waals surface area (Å²) in [4.78, 5) is 0. The third kappa shape index (κ3) is 3.67. The molecule has 0 saturated heterocycles. The molecule has 4 heteroatoms. The number of ether oxygens (including phenoxy) is 1. The molecule has 108 valence electrons. The molecule has 0 amide bonds. The van der Waals surface area contributed by atoms with Gasteiger partial charge in [0.15, 0.2) is 0 Å². The van der Waals surface area contributed by atoms with E-state index in [2.05, 4.69) is 48.4 Å². The normalized spacial score (nSPS) is 12.8. The Morgan fingerprint density at radius 1 is 1.20 bits per heavy atom. The van der Waals surface area contributed by atoms with Gasteiger partial charge < -0.3 is 4.74 Å². The Bertz CT molecular complexity index is 507. The van der Waals surface area contributed by atoms with E-state index in [0.29, 0.717) is 12.5 Å². The average Bonchev–Trinajstić information content (AvgIpc) is 2.88. The van der Waals surface area contributed by atoms with E-state index >= 15 is 0 Å². The second kappa shape index (κ2) is 7.20. The van der Waals surface area contributed by atoms with Crippen molar-refractivity contribution in [2.75, 3.05) is 13.2 Å². The Hall–Kier alpha value is -1.68. The van der Waals surface area contributed by atoms with Crippen LogP contribution in [0.3, 0.4) is 0 Å². The van der Waals surface area contributed by atoms with Crippen LogP contribution in [0, 0.1) is 5.92 Å². The first-order chi connectivity index (χ1) is 9.72. The molecule has 0 spiro atoms. The van der Waals surface area contributed by atoms with E-state index in [1.807, 2.05) is 23.9 Å². The number of nitrogens with zero attached hydrogens (tertiary/aromatic N) is 3. The van der Waals surface area contributed by atoms with Crippen LogP contribution in [0.5, 0.6) is 0 Å². The SMILES string of the molecule is CCOCCn1cc([C@@H](c2ccccc2)C(C)C)nn1. The zero-order chi connectivity index (χ0) is 14.4. The van der Waals surface area contributed by atoms with Gasteiger partial charge in [0.05, 0.1) is 18.8 Å². The van der Waals surface area contributed by atoms with Crippen LogP contribution in [-0.4, -0.2) is 28.2 Å². The molecule has 1 aromatic carbocycles. The molecule has 0 aliphatic rings. The van der Waals surface area contributed by atoms with Gasteiger partial charge >= 0.3 is 0 Å². The Morgan fingerprint density at radius 2 is 1.95 bits per heavy atom. The summed E-state index contributed by atoms with van der Waals surface area (Å²) in [5.74, 6) is 0.770. The summed E-state index contributed by atoms with van der Waals surface area (Å²) in [7, 11) is 0. The zero-order valence-corrected chi connectivity index (χ0v) is 12.5. The van der Waals surface area contributed by atoms with Gasteiger partial charge in [-0.05, 0) is 18.4 Å². The molecule has 0 aliphatic heterocycles. The van der Waals surface area contributed by atoms with Crippen LogP contribution in [0.1, 0.15) is 37.9 Å². The van der Waals surface area contributed by atoms with Crippen molar-refractivity contribution in [3.05, 3.63) is 47.8 Å². The summed E-state index contributed by atoms with van der Waals surface area (Å²) in [6.45, 7) is 8.60. The van der Waals surface area contributed by atoms with Crippen LogP contribution in [0.15, 0.2) is 36.5 Å². The van der Waals surface area contributed by atoms with E-state index in [0.717, 1.165) is 18.8 Å². The highest BCUT2D eigenvalue weighted by Crippen LogP contribution is 2.29. The van der Waals surface area contributed by atoms with E-state index < -0.39 is 0 Å². The molecule has 4 nitrogen and oxygen atoms in total. The molecule has 0 aliphatic carbocycles. The fourth-order valence-corrected chi connectivity index (χ4v) is 2.43. The molecule has 2 rings (SSSR count). The highest BCUT2D eigenvalue weighted by Gasteiger charge is 2.21. The quantitative estimate of drug-likeness (QED) is 0.728. The van der Waals surface area contributed by atoms with Gasteiger partial charge in [0.25, 0.3) is 0 Å². The van der Waals surface area contributed by atoms with Gasteiger partial charge in [-0.15, -0.1) is 5.10 Å². The second-order valence-corrected chi connectivity index (χ2v) is 5.24. The first-order valence-electron chi connectivity index (χ1n) is 7.25. The standard InChI is InChI=1S/C16H23N3O/c1-4-20-11-10-19-12-15(17-18-19)16(13(2)3)14-8-6-5-7-9-14/h5-9,12-13,16H,4,10-11H2,1-3H3/t16-/m1/s1. The van der Waals surface area contributed by atoms with Crippen LogP contribution in [0.2, 0.25) is 0 Å². The lowest BCUT2D eigenvalue weighted by Crippen LogP contribution is -2.09. The van der Waals surface area contributed by atoms with Gasteiger partial charge in [0.1, 0.15) is 0 Å².